The van der Waals surface area contributed by atoms with Crippen LogP contribution in [0.2, 0.25) is 0 Å². The molecule has 0 saturated heterocycles. The van der Waals surface area contributed by atoms with Gasteiger partial charge in [-0.3, -0.25) is 4.79 Å². The molecule has 0 unspecified atom stereocenters. The second-order valence-corrected chi connectivity index (χ2v) is 4.60. The Morgan fingerprint density at radius 2 is 1.43 bits per heavy atom. The van der Waals surface area contributed by atoms with Gasteiger partial charge in [0.2, 0.25) is 17.2 Å². The average Bonchev–Trinajstić information content (AvgIpc) is 2.54. The molecule has 0 spiro atoms. The molecule has 23 heavy (non-hydrogen) atoms. The Kier molecular flexibility index (Phi) is 4.75. The van der Waals surface area contributed by atoms with Crippen molar-refractivity contribution in [3.8, 4) is 28.7 Å². The fourth-order valence-electron chi connectivity index (χ4n) is 2.11. The summed E-state index contributed by atoms with van der Waals surface area (Å²) >= 11 is 0. The highest BCUT2D eigenvalue weighted by molar-refractivity contribution is 6.12. The summed E-state index contributed by atoms with van der Waals surface area (Å²) in [6.07, 6.45) is 2.73. The minimum absolute atomic E-state index is 0.351. The molecule has 6 heteroatoms. The second kappa shape index (κ2) is 6.74. The number of hydrogen-bond donors (Lipinski definition) is 3. The van der Waals surface area contributed by atoms with E-state index in [9.17, 15) is 20.1 Å². The van der Waals surface area contributed by atoms with Gasteiger partial charge in [-0.2, -0.15) is 0 Å². The average molecular weight is 316 g/mol. The van der Waals surface area contributed by atoms with Gasteiger partial charge in [-0.15, -0.1) is 0 Å². The number of allylic oxidation sites excluding steroid dienone is 1. The van der Waals surface area contributed by atoms with Crippen LogP contribution in [0.3, 0.4) is 0 Å². The highest BCUT2D eigenvalue weighted by Crippen LogP contribution is 2.51. The molecule has 2 aromatic rings. The molecule has 120 valence electrons. The third kappa shape index (κ3) is 3.06. The van der Waals surface area contributed by atoms with Crippen molar-refractivity contribution in [2.24, 2.45) is 0 Å². The lowest BCUT2D eigenvalue weighted by Crippen LogP contribution is -2.00. The molecule has 0 aliphatic heterocycles. The summed E-state index contributed by atoms with van der Waals surface area (Å²) in [7, 11) is 2.42. The lowest BCUT2D eigenvalue weighted by molar-refractivity contribution is 0.104. The molecule has 0 aromatic heterocycles. The van der Waals surface area contributed by atoms with E-state index in [-0.39, 0.29) is 11.5 Å². The van der Waals surface area contributed by atoms with Crippen LogP contribution in [0, 0.1) is 0 Å². The molecule has 0 atom stereocenters. The number of ether oxygens (including phenoxy) is 2. The maximum atomic E-state index is 12.3. The lowest BCUT2D eigenvalue weighted by atomic mass is 10.0. The van der Waals surface area contributed by atoms with E-state index < -0.39 is 28.6 Å². The molecule has 2 rings (SSSR count). The van der Waals surface area contributed by atoms with Crippen molar-refractivity contribution in [2.45, 2.75) is 0 Å². The minimum atomic E-state index is -0.666. The maximum Gasteiger partial charge on any atom is 0.208 e. The van der Waals surface area contributed by atoms with Gasteiger partial charge in [-0.1, -0.05) is 36.4 Å². The topological polar surface area (TPSA) is 96.2 Å². The molecular weight excluding hydrogens is 300 g/mol. The summed E-state index contributed by atoms with van der Waals surface area (Å²) in [6.45, 7) is 0. The van der Waals surface area contributed by atoms with E-state index in [0.29, 0.717) is 0 Å². The predicted molar refractivity (Wildman–Crippen MR) is 84.3 cm³/mol. The maximum absolute atomic E-state index is 12.3. The van der Waals surface area contributed by atoms with Crippen molar-refractivity contribution in [1.29, 1.82) is 0 Å². The van der Waals surface area contributed by atoms with E-state index in [2.05, 4.69) is 0 Å². The summed E-state index contributed by atoms with van der Waals surface area (Å²) in [4.78, 5) is 12.3. The predicted octanol–water partition coefficient (Wildman–Crippen LogP) is 2.72. The van der Waals surface area contributed by atoms with Crippen LogP contribution >= 0.6 is 0 Å². The highest BCUT2D eigenvalue weighted by Gasteiger charge is 2.28. The number of hydrogen-bond acceptors (Lipinski definition) is 6. The molecule has 0 bridgehead atoms. The van der Waals surface area contributed by atoms with Gasteiger partial charge in [0, 0.05) is 0 Å². The third-order valence-electron chi connectivity index (χ3n) is 3.22. The molecular formula is C17H16O6. The second-order valence-electron chi connectivity index (χ2n) is 4.60. The first kappa shape index (κ1) is 16.2. The van der Waals surface area contributed by atoms with Gasteiger partial charge < -0.3 is 24.8 Å². The number of carbonyl (C=O) groups excluding carboxylic acids is 1. The molecule has 3 N–H and O–H groups in total. The normalized spacial score (nSPS) is 10.7. The molecule has 0 radical (unpaired) electrons. The first-order valence-electron chi connectivity index (χ1n) is 6.67. The SMILES string of the molecule is COc1c(O)c(OC)c(O)c(C(=O)/C=C/c2ccccc2)c1O. The molecule has 0 saturated carbocycles. The van der Waals surface area contributed by atoms with Crippen LogP contribution in [0.5, 0.6) is 28.7 Å². The molecule has 0 amide bonds. The Morgan fingerprint density at radius 1 is 0.913 bits per heavy atom. The van der Waals surface area contributed by atoms with Gasteiger partial charge in [-0.25, -0.2) is 0 Å². The Bertz CT molecular complexity index is 718. The zero-order valence-electron chi connectivity index (χ0n) is 12.6. The number of aromatic hydroxyl groups is 3. The zero-order chi connectivity index (χ0) is 17.0. The fraction of sp³-hybridized carbons (Fsp3) is 0.118. The summed E-state index contributed by atoms with van der Waals surface area (Å²) in [6, 6.07) is 9.05. The van der Waals surface area contributed by atoms with Crippen molar-refractivity contribution in [3.05, 3.63) is 47.5 Å². The van der Waals surface area contributed by atoms with Gasteiger partial charge in [0.1, 0.15) is 5.56 Å². The van der Waals surface area contributed by atoms with Crippen LogP contribution < -0.4 is 9.47 Å². The number of rotatable bonds is 5. The quantitative estimate of drug-likeness (QED) is 0.580. The van der Waals surface area contributed by atoms with Crippen LogP contribution in [-0.4, -0.2) is 35.3 Å². The van der Waals surface area contributed by atoms with Gasteiger partial charge >= 0.3 is 0 Å². The Hall–Kier alpha value is -3.15. The lowest BCUT2D eigenvalue weighted by Gasteiger charge is -2.14. The van der Waals surface area contributed by atoms with Crippen LogP contribution in [0.1, 0.15) is 15.9 Å². The largest absolute Gasteiger partial charge is 0.504 e. The van der Waals surface area contributed by atoms with Crippen molar-refractivity contribution in [1.82, 2.24) is 0 Å². The zero-order valence-corrected chi connectivity index (χ0v) is 12.6. The molecule has 0 aliphatic carbocycles. The third-order valence-corrected chi connectivity index (χ3v) is 3.22. The first-order valence-corrected chi connectivity index (χ1v) is 6.67. The van der Waals surface area contributed by atoms with E-state index in [4.69, 9.17) is 9.47 Å². The van der Waals surface area contributed by atoms with E-state index in [1.807, 2.05) is 18.2 Å². The van der Waals surface area contributed by atoms with Gasteiger partial charge in [0.15, 0.2) is 17.3 Å². The number of ketones is 1. The highest BCUT2D eigenvalue weighted by atomic mass is 16.5. The van der Waals surface area contributed by atoms with Gasteiger partial charge in [0.05, 0.1) is 14.2 Å². The minimum Gasteiger partial charge on any atom is -0.504 e. The number of benzene rings is 2. The summed E-state index contributed by atoms with van der Waals surface area (Å²) in [5.74, 6) is -3.28. The first-order chi connectivity index (χ1) is 11.0. The molecule has 0 aliphatic rings. The number of phenols is 3. The van der Waals surface area contributed by atoms with Crippen molar-refractivity contribution >= 4 is 11.9 Å². The van der Waals surface area contributed by atoms with E-state index in [1.165, 1.54) is 26.4 Å². The number of carbonyl (C=O) groups is 1. The Balaban J connectivity index is 2.50. The van der Waals surface area contributed by atoms with E-state index in [1.54, 1.807) is 12.1 Å². The summed E-state index contributed by atoms with van der Waals surface area (Å²) in [5, 5.41) is 30.0. The standard InChI is InChI=1S/C17H16O6/c1-22-16-13(19)12(14(20)17(23-2)15(16)21)11(18)9-8-10-6-4-3-5-7-10/h3-9,19-21H,1-2H3/b9-8+. The van der Waals surface area contributed by atoms with Crippen LogP contribution in [0.25, 0.3) is 6.08 Å². The molecule has 0 heterocycles. The molecule has 0 fully saturated rings. The van der Waals surface area contributed by atoms with Gasteiger partial charge in [-0.05, 0) is 11.6 Å². The molecule has 2 aromatic carbocycles. The van der Waals surface area contributed by atoms with E-state index in [0.717, 1.165) is 5.56 Å². The fourth-order valence-corrected chi connectivity index (χ4v) is 2.11. The number of methoxy groups -OCH3 is 2. The smallest absolute Gasteiger partial charge is 0.208 e. The van der Waals surface area contributed by atoms with Gasteiger partial charge in [0.25, 0.3) is 0 Å². The summed E-state index contributed by atoms with van der Waals surface area (Å²) in [5.41, 5.74) is 0.362. The van der Waals surface area contributed by atoms with Crippen molar-refractivity contribution < 1.29 is 29.6 Å². The summed E-state index contributed by atoms with van der Waals surface area (Å²) < 4.78 is 9.72. The Morgan fingerprint density at radius 3 is 1.91 bits per heavy atom. The monoisotopic (exact) mass is 316 g/mol. The van der Waals surface area contributed by atoms with Crippen molar-refractivity contribution in [3.63, 3.8) is 0 Å². The van der Waals surface area contributed by atoms with Crippen LogP contribution in [-0.2, 0) is 0 Å². The Labute approximate surface area is 132 Å². The number of phenolic OH excluding ortho intramolecular Hbond substituents is 3. The van der Waals surface area contributed by atoms with Crippen LogP contribution in [0.15, 0.2) is 36.4 Å². The molecule has 6 nitrogen and oxygen atoms in total. The van der Waals surface area contributed by atoms with Crippen LogP contribution in [0.4, 0.5) is 0 Å². The van der Waals surface area contributed by atoms with Crippen molar-refractivity contribution in [2.75, 3.05) is 14.2 Å². The van der Waals surface area contributed by atoms with E-state index >= 15 is 0 Å².